The average Bonchev–Trinajstić information content (AvgIpc) is 2.83. The van der Waals surface area contributed by atoms with Crippen LogP contribution in [0, 0.1) is 25.5 Å². The number of nitrogens with zero attached hydrogens (tertiary/aromatic N) is 3. The van der Waals surface area contributed by atoms with E-state index in [1.165, 1.54) is 17.8 Å². The fraction of sp³-hybridized carbons (Fsp3) is 0.438. The molecule has 2 aromatic rings. The number of halogens is 2. The van der Waals surface area contributed by atoms with Gasteiger partial charge >= 0.3 is 0 Å². The Morgan fingerprint density at radius 3 is 2.41 bits per heavy atom. The molecule has 6 heteroatoms. The smallest absolute Gasteiger partial charge is 0.159 e. The van der Waals surface area contributed by atoms with Crippen molar-refractivity contribution in [1.29, 1.82) is 0 Å². The van der Waals surface area contributed by atoms with Crippen molar-refractivity contribution in [2.75, 3.05) is 31.1 Å². The van der Waals surface area contributed by atoms with Crippen molar-refractivity contribution in [1.82, 2.24) is 15.1 Å². The Kier molecular flexibility index (Phi) is 4.11. The Labute approximate surface area is 128 Å². The molecule has 1 aliphatic rings. The average molecular weight is 306 g/mol. The van der Waals surface area contributed by atoms with Gasteiger partial charge in [0.1, 0.15) is 0 Å². The number of hydrogen-bond acceptors (Lipinski definition) is 3. The normalized spacial score (nSPS) is 16.3. The summed E-state index contributed by atoms with van der Waals surface area (Å²) in [7, 11) is 0. The van der Waals surface area contributed by atoms with E-state index in [1.54, 1.807) is 6.07 Å². The molecule has 1 aromatic heterocycles. The van der Waals surface area contributed by atoms with E-state index < -0.39 is 11.6 Å². The van der Waals surface area contributed by atoms with Crippen molar-refractivity contribution in [3.63, 3.8) is 0 Å². The lowest BCUT2D eigenvalue weighted by Crippen LogP contribution is -2.46. The van der Waals surface area contributed by atoms with E-state index in [1.807, 2.05) is 13.8 Å². The fourth-order valence-corrected chi connectivity index (χ4v) is 3.04. The molecule has 22 heavy (non-hydrogen) atoms. The molecule has 0 atom stereocenters. The van der Waals surface area contributed by atoms with E-state index in [0.717, 1.165) is 43.1 Å². The van der Waals surface area contributed by atoms with Crippen LogP contribution in [0.3, 0.4) is 0 Å². The van der Waals surface area contributed by atoms with Gasteiger partial charge in [0, 0.05) is 32.7 Å². The maximum absolute atomic E-state index is 13.3. The lowest BCUT2D eigenvalue weighted by Gasteiger charge is -2.36. The summed E-state index contributed by atoms with van der Waals surface area (Å²) < 4.78 is 26.2. The van der Waals surface area contributed by atoms with Gasteiger partial charge in [-0.1, -0.05) is 6.07 Å². The van der Waals surface area contributed by atoms with Crippen LogP contribution < -0.4 is 4.90 Å². The molecular formula is C16H20F2N4. The number of rotatable bonds is 3. The summed E-state index contributed by atoms with van der Waals surface area (Å²) in [5, 5.41) is 7.25. The molecule has 1 saturated heterocycles. The highest BCUT2D eigenvalue weighted by Gasteiger charge is 2.21. The zero-order chi connectivity index (χ0) is 15.7. The molecule has 0 amide bonds. The number of piperazine rings is 1. The van der Waals surface area contributed by atoms with Crippen molar-refractivity contribution in [2.45, 2.75) is 20.4 Å². The first-order chi connectivity index (χ1) is 10.5. The van der Waals surface area contributed by atoms with Crippen LogP contribution in [0.1, 0.15) is 17.0 Å². The third-order valence-electron chi connectivity index (χ3n) is 4.17. The highest BCUT2D eigenvalue weighted by Crippen LogP contribution is 2.23. The third kappa shape index (κ3) is 2.97. The second kappa shape index (κ2) is 6.04. The minimum absolute atomic E-state index is 0.647. The topological polar surface area (TPSA) is 35.2 Å². The highest BCUT2D eigenvalue weighted by molar-refractivity contribution is 5.54. The molecule has 1 aliphatic heterocycles. The first-order valence-electron chi connectivity index (χ1n) is 7.47. The number of hydrogen-bond donors (Lipinski definition) is 1. The lowest BCUT2D eigenvalue weighted by molar-refractivity contribution is 0.249. The molecule has 1 fully saturated rings. The molecule has 118 valence electrons. The molecule has 4 nitrogen and oxygen atoms in total. The lowest BCUT2D eigenvalue weighted by atomic mass is 10.1. The van der Waals surface area contributed by atoms with Crippen molar-refractivity contribution in [3.8, 4) is 0 Å². The van der Waals surface area contributed by atoms with Crippen molar-refractivity contribution in [2.24, 2.45) is 0 Å². The van der Waals surface area contributed by atoms with Crippen LogP contribution in [0.4, 0.5) is 14.5 Å². The van der Waals surface area contributed by atoms with E-state index in [2.05, 4.69) is 20.0 Å². The Hall–Kier alpha value is -1.95. The van der Waals surface area contributed by atoms with E-state index in [4.69, 9.17) is 0 Å². The third-order valence-corrected chi connectivity index (χ3v) is 4.17. The first kappa shape index (κ1) is 15.0. The summed E-state index contributed by atoms with van der Waals surface area (Å²) in [6.45, 7) is 8.28. The second-order valence-electron chi connectivity index (χ2n) is 5.79. The second-order valence-corrected chi connectivity index (χ2v) is 5.79. The monoisotopic (exact) mass is 306 g/mol. The summed E-state index contributed by atoms with van der Waals surface area (Å²) in [6, 6.07) is 4.13. The number of anilines is 1. The summed E-state index contributed by atoms with van der Waals surface area (Å²) in [5.74, 6) is -1.57. The summed E-state index contributed by atoms with van der Waals surface area (Å²) in [4.78, 5) is 4.59. The number of nitrogens with one attached hydrogen (secondary N) is 1. The number of aromatic amines is 1. The van der Waals surface area contributed by atoms with Gasteiger partial charge in [0.15, 0.2) is 11.6 Å². The van der Waals surface area contributed by atoms with Crippen LogP contribution >= 0.6 is 0 Å². The molecule has 0 saturated carbocycles. The van der Waals surface area contributed by atoms with Gasteiger partial charge in [0.25, 0.3) is 0 Å². The number of aromatic nitrogens is 2. The first-order valence-corrected chi connectivity index (χ1v) is 7.47. The van der Waals surface area contributed by atoms with Crippen LogP contribution in [0.2, 0.25) is 0 Å². The summed E-state index contributed by atoms with van der Waals surface area (Å²) >= 11 is 0. The predicted molar refractivity (Wildman–Crippen MR) is 81.9 cm³/mol. The molecule has 1 aromatic carbocycles. The Morgan fingerprint density at radius 2 is 1.82 bits per heavy atom. The van der Waals surface area contributed by atoms with Crippen molar-refractivity contribution < 1.29 is 8.78 Å². The molecule has 0 spiro atoms. The standard InChI is InChI=1S/C16H20F2N4/c1-11-16(12(2)20-19-11)22-7-5-21(6-8-22)10-13-3-4-14(17)15(18)9-13/h3-4,9H,5-8,10H2,1-2H3,(H,19,20). The molecule has 0 aliphatic carbocycles. The van der Waals surface area contributed by atoms with Crippen LogP contribution in [0.25, 0.3) is 0 Å². The molecule has 0 unspecified atom stereocenters. The van der Waals surface area contributed by atoms with Gasteiger partial charge in [-0.25, -0.2) is 8.78 Å². The fourth-order valence-electron chi connectivity index (χ4n) is 3.04. The van der Waals surface area contributed by atoms with Crippen LogP contribution in [-0.4, -0.2) is 41.3 Å². The van der Waals surface area contributed by atoms with Crippen molar-refractivity contribution in [3.05, 3.63) is 46.8 Å². The Morgan fingerprint density at radius 1 is 1.09 bits per heavy atom. The minimum Gasteiger partial charge on any atom is -0.366 e. The van der Waals surface area contributed by atoms with Gasteiger partial charge in [0.05, 0.1) is 17.1 Å². The molecule has 3 rings (SSSR count). The zero-order valence-electron chi connectivity index (χ0n) is 12.9. The van der Waals surface area contributed by atoms with E-state index in [9.17, 15) is 8.78 Å². The van der Waals surface area contributed by atoms with Gasteiger partial charge in [0.2, 0.25) is 0 Å². The van der Waals surface area contributed by atoms with E-state index >= 15 is 0 Å². The SMILES string of the molecule is Cc1n[nH]c(C)c1N1CCN(Cc2ccc(F)c(F)c2)CC1. The number of benzene rings is 1. The molecular weight excluding hydrogens is 286 g/mol. The van der Waals surface area contributed by atoms with Crippen LogP contribution in [0.15, 0.2) is 18.2 Å². The van der Waals surface area contributed by atoms with Gasteiger partial charge in [-0.15, -0.1) is 0 Å². The summed E-state index contributed by atoms with van der Waals surface area (Å²) in [5.41, 5.74) is 4.11. The van der Waals surface area contributed by atoms with E-state index in [-0.39, 0.29) is 0 Å². The predicted octanol–water partition coefficient (Wildman–Crippen LogP) is 2.63. The van der Waals surface area contributed by atoms with E-state index in [0.29, 0.717) is 6.54 Å². The number of aryl methyl sites for hydroxylation is 2. The number of H-pyrrole nitrogens is 1. The highest BCUT2D eigenvalue weighted by atomic mass is 19.2. The Bertz CT molecular complexity index is 641. The molecule has 2 heterocycles. The zero-order valence-corrected chi connectivity index (χ0v) is 12.9. The Balaban J connectivity index is 1.61. The molecule has 1 N–H and O–H groups in total. The molecule has 0 bridgehead atoms. The quantitative estimate of drug-likeness (QED) is 0.947. The van der Waals surface area contributed by atoms with Gasteiger partial charge in [-0.05, 0) is 31.5 Å². The largest absolute Gasteiger partial charge is 0.366 e. The van der Waals surface area contributed by atoms with Gasteiger partial charge in [-0.2, -0.15) is 5.10 Å². The maximum atomic E-state index is 13.3. The van der Waals surface area contributed by atoms with Crippen LogP contribution in [-0.2, 0) is 6.54 Å². The summed E-state index contributed by atoms with van der Waals surface area (Å²) in [6.07, 6.45) is 0. The van der Waals surface area contributed by atoms with Crippen LogP contribution in [0.5, 0.6) is 0 Å². The van der Waals surface area contributed by atoms with Gasteiger partial charge in [-0.3, -0.25) is 10.00 Å². The maximum Gasteiger partial charge on any atom is 0.159 e. The minimum atomic E-state index is -0.792. The molecule has 0 radical (unpaired) electrons. The van der Waals surface area contributed by atoms with Crippen molar-refractivity contribution >= 4 is 5.69 Å². The van der Waals surface area contributed by atoms with Gasteiger partial charge < -0.3 is 4.90 Å².